The van der Waals surface area contributed by atoms with Crippen molar-refractivity contribution >= 4 is 63.2 Å². The van der Waals surface area contributed by atoms with Gasteiger partial charge in [-0.3, -0.25) is 9.59 Å². The number of benzene rings is 1. The molecule has 1 aromatic carbocycles. The van der Waals surface area contributed by atoms with E-state index in [-0.39, 0.29) is 34.5 Å². The molecule has 2 N–H and O–H groups in total. The van der Waals surface area contributed by atoms with E-state index in [0.717, 1.165) is 5.69 Å². The summed E-state index contributed by atoms with van der Waals surface area (Å²) in [5, 5.41) is 18.1. The summed E-state index contributed by atoms with van der Waals surface area (Å²) in [7, 11) is 1.81. The lowest BCUT2D eigenvalue weighted by atomic mass is 10.0. The Morgan fingerprint density at radius 2 is 2.00 bits per heavy atom. The van der Waals surface area contributed by atoms with Gasteiger partial charge in [-0.1, -0.05) is 48.8 Å². The molecule has 3 rings (SSSR count). The van der Waals surface area contributed by atoms with Crippen LogP contribution in [0, 0.1) is 12.8 Å². The Balaban J connectivity index is 1.70. The first kappa shape index (κ1) is 25.5. The number of halogens is 2. The molecule has 0 aliphatic heterocycles. The number of thiazole rings is 1. The maximum Gasteiger partial charge on any atom is 0.253 e. The Labute approximate surface area is 210 Å². The third kappa shape index (κ3) is 6.92. The fraction of sp³-hybridized carbons (Fsp3) is 0.381. The van der Waals surface area contributed by atoms with Crippen molar-refractivity contribution in [3.63, 3.8) is 0 Å². The normalized spacial score (nSPS) is 12.1. The minimum Gasteiger partial charge on any atom is -0.342 e. The molecule has 0 aliphatic rings. The fourth-order valence-electron chi connectivity index (χ4n) is 3.06. The molecule has 2 aromatic heterocycles. The van der Waals surface area contributed by atoms with Gasteiger partial charge in [-0.15, -0.1) is 21.5 Å². The van der Waals surface area contributed by atoms with Gasteiger partial charge in [0.05, 0.1) is 28.1 Å². The molecule has 0 bridgehead atoms. The molecule has 0 unspecified atom stereocenters. The molecule has 2 heterocycles. The fourth-order valence-corrected chi connectivity index (χ4v) is 4.98. The number of hydrogen-bond donors (Lipinski definition) is 2. The number of aromatic nitrogens is 4. The van der Waals surface area contributed by atoms with Gasteiger partial charge in [-0.05, 0) is 37.5 Å². The molecule has 8 nitrogen and oxygen atoms in total. The molecule has 12 heteroatoms. The van der Waals surface area contributed by atoms with Crippen LogP contribution in [0.25, 0.3) is 0 Å². The first-order valence-electron chi connectivity index (χ1n) is 10.1. The number of aryl methyl sites for hydroxylation is 1. The second-order valence-electron chi connectivity index (χ2n) is 7.81. The number of nitrogens with one attached hydrogen (secondary N) is 2. The first-order chi connectivity index (χ1) is 15.6. The number of carbonyl (C=O) groups excluding carboxylic acids is 2. The zero-order chi connectivity index (χ0) is 24.1. The topological polar surface area (TPSA) is 102 Å². The van der Waals surface area contributed by atoms with Crippen molar-refractivity contribution in [3.05, 3.63) is 50.7 Å². The van der Waals surface area contributed by atoms with Gasteiger partial charge >= 0.3 is 0 Å². The van der Waals surface area contributed by atoms with Crippen molar-refractivity contribution in [2.45, 2.75) is 38.4 Å². The van der Waals surface area contributed by atoms with Gasteiger partial charge in [0.1, 0.15) is 0 Å². The van der Waals surface area contributed by atoms with Crippen LogP contribution in [-0.4, -0.2) is 37.3 Å². The minimum atomic E-state index is -0.386. The third-order valence-corrected chi connectivity index (χ3v) is 7.01. The van der Waals surface area contributed by atoms with Crippen molar-refractivity contribution in [1.29, 1.82) is 0 Å². The molecular weight excluding hydrogens is 503 g/mol. The number of thioether (sulfide) groups is 1. The molecular formula is C21H24Cl2N6O2S2. The molecule has 0 fully saturated rings. The molecule has 0 aliphatic carbocycles. The summed E-state index contributed by atoms with van der Waals surface area (Å²) >= 11 is 14.8. The summed E-state index contributed by atoms with van der Waals surface area (Å²) in [4.78, 5) is 29.4. The summed E-state index contributed by atoms with van der Waals surface area (Å²) in [5.74, 6) is 0.546. The van der Waals surface area contributed by atoms with Crippen molar-refractivity contribution in [3.8, 4) is 0 Å². The van der Waals surface area contributed by atoms with E-state index in [2.05, 4.69) is 39.7 Å². The van der Waals surface area contributed by atoms with E-state index in [1.807, 2.05) is 19.4 Å². The number of carbonyl (C=O) groups is 2. The van der Waals surface area contributed by atoms with Crippen LogP contribution in [0.2, 0.25) is 10.0 Å². The van der Waals surface area contributed by atoms with Gasteiger partial charge in [-0.2, -0.15) is 0 Å². The third-order valence-electron chi connectivity index (χ3n) is 4.57. The lowest BCUT2D eigenvalue weighted by molar-refractivity contribution is -0.113. The number of amides is 2. The van der Waals surface area contributed by atoms with E-state index in [1.54, 1.807) is 16.7 Å². The summed E-state index contributed by atoms with van der Waals surface area (Å²) in [6.45, 7) is 5.99. The Bertz CT molecular complexity index is 1150. The predicted octanol–water partition coefficient (Wildman–Crippen LogP) is 5.13. The van der Waals surface area contributed by atoms with Crippen LogP contribution in [0.5, 0.6) is 0 Å². The maximum absolute atomic E-state index is 12.9. The van der Waals surface area contributed by atoms with E-state index in [9.17, 15) is 9.59 Å². The van der Waals surface area contributed by atoms with Crippen LogP contribution in [0.3, 0.4) is 0 Å². The van der Waals surface area contributed by atoms with Crippen molar-refractivity contribution < 1.29 is 9.59 Å². The maximum atomic E-state index is 12.9. The quantitative estimate of drug-likeness (QED) is 0.374. The highest BCUT2D eigenvalue weighted by Crippen LogP contribution is 2.26. The van der Waals surface area contributed by atoms with Crippen LogP contribution in [0.1, 0.15) is 48.2 Å². The summed E-state index contributed by atoms with van der Waals surface area (Å²) in [6, 6.07) is 4.36. The summed E-state index contributed by atoms with van der Waals surface area (Å²) in [6.07, 6.45) is 0.650. The van der Waals surface area contributed by atoms with Crippen molar-refractivity contribution in [1.82, 2.24) is 25.1 Å². The molecule has 1 atom stereocenters. The average molecular weight is 528 g/mol. The van der Waals surface area contributed by atoms with Crippen LogP contribution in [-0.2, 0) is 11.8 Å². The monoisotopic (exact) mass is 526 g/mol. The van der Waals surface area contributed by atoms with Crippen molar-refractivity contribution in [2.24, 2.45) is 13.0 Å². The van der Waals surface area contributed by atoms with Gasteiger partial charge in [0.25, 0.3) is 5.91 Å². The van der Waals surface area contributed by atoms with Crippen molar-refractivity contribution in [2.75, 3.05) is 11.1 Å². The summed E-state index contributed by atoms with van der Waals surface area (Å²) < 4.78 is 1.79. The predicted molar refractivity (Wildman–Crippen MR) is 133 cm³/mol. The molecule has 3 aromatic rings. The zero-order valence-electron chi connectivity index (χ0n) is 18.6. The molecule has 33 heavy (non-hydrogen) atoms. The highest BCUT2D eigenvalue weighted by molar-refractivity contribution is 7.99. The van der Waals surface area contributed by atoms with Gasteiger partial charge in [-0.25, -0.2) is 4.98 Å². The zero-order valence-corrected chi connectivity index (χ0v) is 21.7. The average Bonchev–Trinajstić information content (AvgIpc) is 3.30. The SMILES string of the molecule is Cc1csc(NC(=O)CSc2nnc([C@H](CC(C)C)NC(=O)c3ccc(Cl)cc3Cl)n2C)n1. The van der Waals surface area contributed by atoms with Crippen LogP contribution in [0.15, 0.2) is 28.7 Å². The smallest absolute Gasteiger partial charge is 0.253 e. The molecule has 0 saturated carbocycles. The largest absolute Gasteiger partial charge is 0.342 e. The Hall–Kier alpha value is -2.14. The van der Waals surface area contributed by atoms with Crippen LogP contribution in [0.4, 0.5) is 5.13 Å². The number of anilines is 1. The van der Waals surface area contributed by atoms with Crippen LogP contribution >= 0.6 is 46.3 Å². The molecule has 2 amide bonds. The van der Waals surface area contributed by atoms with Gasteiger partial charge in [0.15, 0.2) is 16.1 Å². The lowest BCUT2D eigenvalue weighted by Gasteiger charge is -2.20. The van der Waals surface area contributed by atoms with Gasteiger partial charge in [0.2, 0.25) is 5.91 Å². The van der Waals surface area contributed by atoms with Gasteiger partial charge in [0, 0.05) is 17.5 Å². The Kier molecular flexibility index (Phi) is 8.75. The highest BCUT2D eigenvalue weighted by Gasteiger charge is 2.24. The van der Waals surface area contributed by atoms with E-state index in [4.69, 9.17) is 23.2 Å². The van der Waals surface area contributed by atoms with Gasteiger partial charge < -0.3 is 15.2 Å². The summed E-state index contributed by atoms with van der Waals surface area (Å²) in [5.41, 5.74) is 1.19. The minimum absolute atomic E-state index is 0.159. The number of rotatable bonds is 9. The highest BCUT2D eigenvalue weighted by atomic mass is 35.5. The Morgan fingerprint density at radius 1 is 1.24 bits per heavy atom. The number of hydrogen-bond acceptors (Lipinski definition) is 7. The Morgan fingerprint density at radius 3 is 2.64 bits per heavy atom. The molecule has 0 spiro atoms. The first-order valence-corrected chi connectivity index (χ1v) is 12.8. The molecule has 0 saturated heterocycles. The second-order valence-corrected chi connectivity index (χ2v) is 10.5. The van der Waals surface area contributed by atoms with E-state index >= 15 is 0 Å². The van der Waals surface area contributed by atoms with E-state index in [1.165, 1.54) is 29.2 Å². The number of nitrogens with zero attached hydrogens (tertiary/aromatic N) is 4. The van der Waals surface area contributed by atoms with Crippen LogP contribution < -0.4 is 10.6 Å². The van der Waals surface area contributed by atoms with E-state index < -0.39 is 0 Å². The molecule has 0 radical (unpaired) electrons. The lowest BCUT2D eigenvalue weighted by Crippen LogP contribution is -2.31. The molecule has 176 valence electrons. The standard InChI is InChI=1S/C21H24Cl2N6O2S2/c1-11(2)7-16(25-19(31)14-6-5-13(22)8-15(14)23)18-27-28-21(29(18)4)33-10-17(30)26-20-24-12(3)9-32-20/h5-6,8-9,11,16H,7,10H2,1-4H3,(H,25,31)(H,24,26,30)/t16-/m0/s1. The second kappa shape index (κ2) is 11.3. The van der Waals surface area contributed by atoms with E-state index in [0.29, 0.717) is 33.1 Å².